The molecule has 4 heteroatoms. The number of carbonyl (C=O) groups is 1. The van der Waals surface area contributed by atoms with Gasteiger partial charge >= 0.3 is 5.97 Å². The number of nitrogens with zero attached hydrogens (tertiary/aromatic N) is 1. The van der Waals surface area contributed by atoms with Gasteiger partial charge < -0.3 is 9.26 Å². The molecule has 0 amide bonds. The van der Waals surface area contributed by atoms with E-state index in [9.17, 15) is 4.79 Å². The molecule has 1 heterocycles. The summed E-state index contributed by atoms with van der Waals surface area (Å²) in [6.07, 6.45) is 0. The fourth-order valence-corrected chi connectivity index (χ4v) is 1.34. The predicted molar refractivity (Wildman–Crippen MR) is 57.4 cm³/mol. The van der Waals surface area contributed by atoms with Gasteiger partial charge in [0.15, 0.2) is 0 Å². The number of aromatic nitrogens is 1. The Balaban J connectivity index is 2.18. The van der Waals surface area contributed by atoms with Gasteiger partial charge in [0.25, 0.3) is 5.88 Å². The highest BCUT2D eigenvalue weighted by molar-refractivity contribution is 5.92. The molecular formula is C12H11NO3. The topological polar surface area (TPSA) is 52.3 Å². The average Bonchev–Trinajstić information content (AvgIpc) is 2.64. The Morgan fingerprint density at radius 3 is 2.69 bits per heavy atom. The van der Waals surface area contributed by atoms with Gasteiger partial charge in [0.1, 0.15) is 5.76 Å². The van der Waals surface area contributed by atoms with Crippen molar-refractivity contribution in [2.45, 2.75) is 13.8 Å². The van der Waals surface area contributed by atoms with E-state index >= 15 is 0 Å². The number of ether oxygens (including phenoxy) is 1. The van der Waals surface area contributed by atoms with Crippen molar-refractivity contribution in [1.82, 2.24) is 5.16 Å². The Hall–Kier alpha value is -2.10. The lowest BCUT2D eigenvalue weighted by Gasteiger charge is -2.02. The maximum Gasteiger partial charge on any atom is 0.345 e. The number of aryl methyl sites for hydroxylation is 2. The van der Waals surface area contributed by atoms with Crippen molar-refractivity contribution in [1.29, 1.82) is 0 Å². The van der Waals surface area contributed by atoms with Gasteiger partial charge in [-0.3, -0.25) is 0 Å². The first kappa shape index (κ1) is 10.4. The summed E-state index contributed by atoms with van der Waals surface area (Å²) in [5, 5.41) is 3.59. The van der Waals surface area contributed by atoms with E-state index in [1.54, 1.807) is 25.1 Å². The quantitative estimate of drug-likeness (QED) is 0.725. The molecule has 2 rings (SSSR count). The summed E-state index contributed by atoms with van der Waals surface area (Å²) in [6, 6.07) is 8.79. The van der Waals surface area contributed by atoms with Gasteiger partial charge in [0.05, 0.1) is 5.56 Å². The zero-order chi connectivity index (χ0) is 11.5. The van der Waals surface area contributed by atoms with Crippen LogP contribution in [0.1, 0.15) is 21.7 Å². The molecule has 0 atom stereocenters. The van der Waals surface area contributed by atoms with Crippen molar-refractivity contribution in [2.24, 2.45) is 0 Å². The molecular weight excluding hydrogens is 206 g/mol. The Morgan fingerprint density at radius 1 is 1.31 bits per heavy atom. The monoisotopic (exact) mass is 217 g/mol. The number of esters is 1. The number of carbonyl (C=O) groups excluding carboxylic acids is 1. The molecule has 0 spiro atoms. The molecule has 0 fully saturated rings. The average molecular weight is 217 g/mol. The van der Waals surface area contributed by atoms with E-state index in [-0.39, 0.29) is 5.88 Å². The van der Waals surface area contributed by atoms with Crippen LogP contribution in [0.4, 0.5) is 0 Å². The van der Waals surface area contributed by atoms with Crippen LogP contribution in [-0.2, 0) is 0 Å². The van der Waals surface area contributed by atoms with Gasteiger partial charge in [-0.25, -0.2) is 4.79 Å². The van der Waals surface area contributed by atoms with Crippen LogP contribution in [0.2, 0.25) is 0 Å². The van der Waals surface area contributed by atoms with Crippen molar-refractivity contribution >= 4 is 5.97 Å². The molecule has 0 bridgehead atoms. The summed E-state index contributed by atoms with van der Waals surface area (Å²) >= 11 is 0. The summed E-state index contributed by atoms with van der Waals surface area (Å²) in [6.45, 7) is 3.59. The van der Waals surface area contributed by atoms with E-state index in [2.05, 4.69) is 5.16 Å². The first-order chi connectivity index (χ1) is 7.66. The molecule has 0 aliphatic heterocycles. The summed E-state index contributed by atoms with van der Waals surface area (Å²) < 4.78 is 9.86. The van der Waals surface area contributed by atoms with E-state index in [1.165, 1.54) is 0 Å². The number of hydrogen-bond donors (Lipinski definition) is 0. The van der Waals surface area contributed by atoms with Gasteiger partial charge in [-0.05, 0) is 30.6 Å². The molecule has 4 nitrogen and oxygen atoms in total. The van der Waals surface area contributed by atoms with Crippen LogP contribution in [-0.4, -0.2) is 11.1 Å². The van der Waals surface area contributed by atoms with Crippen molar-refractivity contribution in [3.8, 4) is 5.88 Å². The third-order valence-electron chi connectivity index (χ3n) is 2.17. The highest BCUT2D eigenvalue weighted by atomic mass is 16.6. The minimum Gasteiger partial charge on any atom is -0.400 e. The van der Waals surface area contributed by atoms with Gasteiger partial charge in [-0.2, -0.15) is 0 Å². The Labute approximate surface area is 92.8 Å². The van der Waals surface area contributed by atoms with Crippen molar-refractivity contribution in [2.75, 3.05) is 0 Å². The number of benzene rings is 1. The summed E-state index contributed by atoms with van der Waals surface area (Å²) in [5.74, 6) is 0.365. The lowest BCUT2D eigenvalue weighted by atomic mass is 10.1. The van der Waals surface area contributed by atoms with Crippen LogP contribution in [0.15, 0.2) is 34.9 Å². The maximum atomic E-state index is 11.7. The predicted octanol–water partition coefficient (Wildman–Crippen LogP) is 2.51. The second-order valence-corrected chi connectivity index (χ2v) is 3.48. The van der Waals surface area contributed by atoms with Crippen molar-refractivity contribution in [3.63, 3.8) is 0 Å². The fraction of sp³-hybridized carbons (Fsp3) is 0.167. The largest absolute Gasteiger partial charge is 0.400 e. The van der Waals surface area contributed by atoms with Gasteiger partial charge in [0, 0.05) is 6.07 Å². The lowest BCUT2D eigenvalue weighted by molar-refractivity contribution is 0.0720. The van der Waals surface area contributed by atoms with Crippen LogP contribution in [0, 0.1) is 13.8 Å². The van der Waals surface area contributed by atoms with Crippen LogP contribution < -0.4 is 4.74 Å². The minimum atomic E-state index is -0.425. The SMILES string of the molecule is Cc1cc(OC(=O)c2ccccc2C)no1. The minimum absolute atomic E-state index is 0.186. The summed E-state index contributed by atoms with van der Waals surface area (Å²) in [4.78, 5) is 11.7. The van der Waals surface area contributed by atoms with E-state index in [4.69, 9.17) is 9.26 Å². The molecule has 0 N–H and O–H groups in total. The Bertz CT molecular complexity index is 516. The maximum absolute atomic E-state index is 11.7. The third kappa shape index (κ3) is 2.11. The highest BCUT2D eigenvalue weighted by Gasteiger charge is 2.12. The molecule has 16 heavy (non-hydrogen) atoms. The summed E-state index contributed by atoms with van der Waals surface area (Å²) in [7, 11) is 0. The molecule has 0 aliphatic rings. The number of rotatable bonds is 2. The highest BCUT2D eigenvalue weighted by Crippen LogP contribution is 2.14. The van der Waals surface area contributed by atoms with Crippen LogP contribution in [0.5, 0.6) is 5.88 Å². The second-order valence-electron chi connectivity index (χ2n) is 3.48. The number of hydrogen-bond acceptors (Lipinski definition) is 4. The molecule has 1 aromatic heterocycles. The molecule has 0 saturated heterocycles. The second kappa shape index (κ2) is 4.18. The van der Waals surface area contributed by atoms with Crippen LogP contribution >= 0.6 is 0 Å². The van der Waals surface area contributed by atoms with Gasteiger partial charge in [-0.15, -0.1) is 0 Å². The first-order valence-electron chi connectivity index (χ1n) is 4.88. The van der Waals surface area contributed by atoms with Gasteiger partial charge in [-0.1, -0.05) is 18.2 Å². The molecule has 0 aliphatic carbocycles. The zero-order valence-electron chi connectivity index (χ0n) is 9.06. The molecule has 0 unspecified atom stereocenters. The first-order valence-corrected chi connectivity index (χ1v) is 4.88. The normalized spacial score (nSPS) is 10.1. The zero-order valence-corrected chi connectivity index (χ0v) is 9.06. The van der Waals surface area contributed by atoms with E-state index < -0.39 is 5.97 Å². The standard InChI is InChI=1S/C12H11NO3/c1-8-5-3-4-6-10(8)12(14)15-11-7-9(2)16-13-11/h3-7H,1-2H3. The van der Waals surface area contributed by atoms with Crippen molar-refractivity contribution in [3.05, 3.63) is 47.2 Å². The van der Waals surface area contributed by atoms with Crippen LogP contribution in [0.3, 0.4) is 0 Å². The van der Waals surface area contributed by atoms with E-state index in [0.717, 1.165) is 5.56 Å². The van der Waals surface area contributed by atoms with Crippen LogP contribution in [0.25, 0.3) is 0 Å². The van der Waals surface area contributed by atoms with Gasteiger partial charge in [0.2, 0.25) is 0 Å². The summed E-state index contributed by atoms with van der Waals surface area (Å²) in [5.41, 5.74) is 1.40. The third-order valence-corrected chi connectivity index (χ3v) is 2.17. The van der Waals surface area contributed by atoms with E-state index in [0.29, 0.717) is 11.3 Å². The Kier molecular flexibility index (Phi) is 2.72. The van der Waals surface area contributed by atoms with Crippen molar-refractivity contribution < 1.29 is 14.1 Å². The van der Waals surface area contributed by atoms with E-state index in [1.807, 2.05) is 19.1 Å². The molecule has 2 aromatic rings. The lowest BCUT2D eigenvalue weighted by Crippen LogP contribution is -2.10. The smallest absolute Gasteiger partial charge is 0.345 e. The molecule has 0 radical (unpaired) electrons. The fourth-order valence-electron chi connectivity index (χ4n) is 1.34. The Morgan fingerprint density at radius 2 is 2.06 bits per heavy atom. The molecule has 1 aromatic carbocycles. The molecule has 82 valence electrons. The molecule has 0 saturated carbocycles.